The number of hydrogen-bond acceptors (Lipinski definition) is 2. The molecule has 1 aliphatic rings. The summed E-state index contributed by atoms with van der Waals surface area (Å²) in [6.45, 7) is 4.05. The minimum absolute atomic E-state index is 0.132. The van der Waals surface area contributed by atoms with E-state index in [0.29, 0.717) is 23.0 Å². The number of halogens is 2. The molecule has 6 heteroatoms. The highest BCUT2D eigenvalue weighted by atomic mass is 79.9. The molecule has 1 saturated heterocycles. The molecule has 21 heavy (non-hydrogen) atoms. The van der Waals surface area contributed by atoms with Crippen LogP contribution in [0.15, 0.2) is 22.7 Å². The van der Waals surface area contributed by atoms with Crippen LogP contribution in [0.5, 0.6) is 0 Å². The molecule has 2 amide bonds. The second-order valence-corrected chi connectivity index (χ2v) is 5.99. The number of rotatable bonds is 3. The number of amides is 2. The fourth-order valence-electron chi connectivity index (χ4n) is 2.62. The van der Waals surface area contributed by atoms with E-state index in [1.54, 1.807) is 11.0 Å². The van der Waals surface area contributed by atoms with E-state index in [1.165, 1.54) is 12.1 Å². The molecule has 0 spiro atoms. The van der Waals surface area contributed by atoms with Gasteiger partial charge >= 0.3 is 0 Å². The van der Waals surface area contributed by atoms with E-state index in [-0.39, 0.29) is 30.6 Å². The predicted octanol–water partition coefficient (Wildman–Crippen LogP) is 3.00. The van der Waals surface area contributed by atoms with Gasteiger partial charge in [-0.05, 0) is 47.0 Å². The molecule has 0 saturated carbocycles. The number of nitrogens with one attached hydrogen (secondary N) is 1. The molecule has 0 aliphatic carbocycles. The fraction of sp³-hybridized carbons (Fsp3) is 0.467. The van der Waals surface area contributed by atoms with Crippen LogP contribution in [0.4, 0.5) is 10.1 Å². The molecule has 4 nitrogen and oxygen atoms in total. The van der Waals surface area contributed by atoms with Crippen molar-refractivity contribution in [2.24, 2.45) is 0 Å². The summed E-state index contributed by atoms with van der Waals surface area (Å²) >= 11 is 3.29. The zero-order valence-corrected chi connectivity index (χ0v) is 13.7. The number of carbonyl (C=O) groups excluding carboxylic acids is 2. The van der Waals surface area contributed by atoms with Crippen LogP contribution in [-0.2, 0) is 9.59 Å². The standard InChI is InChI=1S/C15H18BrFN2O2/c1-3-15(4-2)14(21)19(8-7-13(20)18-15)12-6-5-10(17)9-11(12)16/h5-6,9H,3-4,7-8H2,1-2H3,(H,18,20). The monoisotopic (exact) mass is 356 g/mol. The smallest absolute Gasteiger partial charge is 0.252 e. The molecule has 0 atom stereocenters. The van der Waals surface area contributed by atoms with Crippen molar-refractivity contribution >= 4 is 33.4 Å². The Morgan fingerprint density at radius 3 is 2.57 bits per heavy atom. The number of benzene rings is 1. The summed E-state index contributed by atoms with van der Waals surface area (Å²) in [4.78, 5) is 26.4. The van der Waals surface area contributed by atoms with Crippen molar-refractivity contribution in [3.8, 4) is 0 Å². The van der Waals surface area contributed by atoms with Crippen LogP contribution in [0.2, 0.25) is 0 Å². The molecule has 1 aliphatic heterocycles. The maximum Gasteiger partial charge on any atom is 0.252 e. The third-order valence-corrected chi connectivity index (χ3v) is 4.64. The van der Waals surface area contributed by atoms with Gasteiger partial charge in [-0.3, -0.25) is 9.59 Å². The minimum Gasteiger partial charge on any atom is -0.342 e. The van der Waals surface area contributed by atoms with Crippen molar-refractivity contribution in [2.75, 3.05) is 11.4 Å². The Labute approximate surface area is 131 Å². The van der Waals surface area contributed by atoms with Crippen LogP contribution in [0.25, 0.3) is 0 Å². The van der Waals surface area contributed by atoms with Crippen LogP contribution in [0.1, 0.15) is 33.1 Å². The fourth-order valence-corrected chi connectivity index (χ4v) is 3.18. The van der Waals surface area contributed by atoms with E-state index in [1.807, 2.05) is 13.8 Å². The van der Waals surface area contributed by atoms with Gasteiger partial charge in [0.25, 0.3) is 5.91 Å². The quantitative estimate of drug-likeness (QED) is 0.904. The van der Waals surface area contributed by atoms with Gasteiger partial charge < -0.3 is 10.2 Å². The van der Waals surface area contributed by atoms with E-state index in [2.05, 4.69) is 21.2 Å². The molecule has 1 fully saturated rings. The molecule has 2 rings (SSSR count). The maximum atomic E-state index is 13.2. The highest BCUT2D eigenvalue weighted by Crippen LogP contribution is 2.31. The van der Waals surface area contributed by atoms with Gasteiger partial charge in [0, 0.05) is 17.4 Å². The Morgan fingerprint density at radius 2 is 2.00 bits per heavy atom. The highest BCUT2D eigenvalue weighted by molar-refractivity contribution is 9.10. The van der Waals surface area contributed by atoms with Gasteiger partial charge in [-0.1, -0.05) is 13.8 Å². The number of anilines is 1. The van der Waals surface area contributed by atoms with Crippen molar-refractivity contribution in [3.63, 3.8) is 0 Å². The van der Waals surface area contributed by atoms with Gasteiger partial charge in [0.2, 0.25) is 5.91 Å². The third kappa shape index (κ3) is 2.95. The van der Waals surface area contributed by atoms with Crippen molar-refractivity contribution in [2.45, 2.75) is 38.6 Å². The van der Waals surface area contributed by atoms with Gasteiger partial charge in [0.1, 0.15) is 11.4 Å². The summed E-state index contributed by atoms with van der Waals surface area (Å²) in [5, 5.41) is 2.85. The second kappa shape index (κ2) is 6.13. The van der Waals surface area contributed by atoms with Crippen molar-refractivity contribution in [1.82, 2.24) is 5.32 Å². The zero-order valence-electron chi connectivity index (χ0n) is 12.1. The van der Waals surface area contributed by atoms with Crippen LogP contribution < -0.4 is 10.2 Å². The van der Waals surface area contributed by atoms with Gasteiger partial charge in [0.05, 0.1) is 5.69 Å². The third-order valence-electron chi connectivity index (χ3n) is 4.00. The van der Waals surface area contributed by atoms with Crippen molar-refractivity contribution in [3.05, 3.63) is 28.5 Å². The van der Waals surface area contributed by atoms with Gasteiger partial charge in [-0.15, -0.1) is 0 Å². The van der Waals surface area contributed by atoms with Gasteiger partial charge in [0.15, 0.2) is 0 Å². The molecule has 0 bridgehead atoms. The summed E-state index contributed by atoms with van der Waals surface area (Å²) in [6.07, 6.45) is 1.27. The molecular weight excluding hydrogens is 339 g/mol. The summed E-state index contributed by atoms with van der Waals surface area (Å²) in [7, 11) is 0. The lowest BCUT2D eigenvalue weighted by Crippen LogP contribution is -2.56. The molecule has 114 valence electrons. The van der Waals surface area contributed by atoms with E-state index >= 15 is 0 Å². The molecule has 0 radical (unpaired) electrons. The largest absolute Gasteiger partial charge is 0.342 e. The Balaban J connectivity index is 2.47. The molecule has 0 aromatic heterocycles. The van der Waals surface area contributed by atoms with Crippen LogP contribution in [0.3, 0.4) is 0 Å². The first-order chi connectivity index (χ1) is 9.93. The zero-order chi connectivity index (χ0) is 15.6. The summed E-state index contributed by atoms with van der Waals surface area (Å²) < 4.78 is 13.7. The lowest BCUT2D eigenvalue weighted by atomic mass is 9.91. The van der Waals surface area contributed by atoms with Crippen molar-refractivity contribution < 1.29 is 14.0 Å². The summed E-state index contributed by atoms with van der Waals surface area (Å²) in [5.41, 5.74) is -0.300. The lowest BCUT2D eigenvalue weighted by Gasteiger charge is -2.34. The van der Waals surface area contributed by atoms with E-state index in [9.17, 15) is 14.0 Å². The molecule has 1 aromatic carbocycles. The first kappa shape index (κ1) is 15.9. The number of nitrogens with zero attached hydrogens (tertiary/aromatic N) is 1. The van der Waals surface area contributed by atoms with Gasteiger partial charge in [-0.2, -0.15) is 0 Å². The predicted molar refractivity (Wildman–Crippen MR) is 82.5 cm³/mol. The average Bonchev–Trinajstić information content (AvgIpc) is 2.58. The first-order valence-electron chi connectivity index (χ1n) is 7.01. The van der Waals surface area contributed by atoms with E-state index in [4.69, 9.17) is 0 Å². The minimum atomic E-state index is -0.887. The molecule has 0 unspecified atom stereocenters. The summed E-state index contributed by atoms with van der Waals surface area (Å²) in [6, 6.07) is 4.19. The van der Waals surface area contributed by atoms with Crippen molar-refractivity contribution in [1.29, 1.82) is 0 Å². The number of hydrogen-bond donors (Lipinski definition) is 1. The topological polar surface area (TPSA) is 49.4 Å². The van der Waals surface area contributed by atoms with E-state index in [0.717, 1.165) is 0 Å². The highest BCUT2D eigenvalue weighted by Gasteiger charge is 2.42. The number of carbonyl (C=O) groups is 2. The summed E-state index contributed by atoms with van der Waals surface area (Å²) in [5.74, 6) is -0.655. The maximum absolute atomic E-state index is 13.2. The average molecular weight is 357 g/mol. The first-order valence-corrected chi connectivity index (χ1v) is 7.81. The lowest BCUT2D eigenvalue weighted by molar-refractivity contribution is -0.130. The normalized spacial score (nSPS) is 18.4. The molecular formula is C15H18BrFN2O2. The Bertz CT molecular complexity index is 573. The van der Waals surface area contributed by atoms with Gasteiger partial charge in [-0.25, -0.2) is 4.39 Å². The van der Waals surface area contributed by atoms with Crippen LogP contribution in [0, 0.1) is 5.82 Å². The Morgan fingerprint density at radius 1 is 1.33 bits per heavy atom. The van der Waals surface area contributed by atoms with Crippen LogP contribution in [-0.4, -0.2) is 23.9 Å². The SMILES string of the molecule is CCC1(CC)NC(=O)CCN(c2ccc(F)cc2Br)C1=O. The van der Waals surface area contributed by atoms with E-state index < -0.39 is 5.54 Å². The Kier molecular flexibility index (Phi) is 4.66. The van der Waals surface area contributed by atoms with Crippen LogP contribution >= 0.6 is 15.9 Å². The molecule has 1 aromatic rings. The molecule has 1 N–H and O–H groups in total. The Hall–Kier alpha value is -1.43. The second-order valence-electron chi connectivity index (χ2n) is 5.14. The molecule has 1 heterocycles.